The predicted molar refractivity (Wildman–Crippen MR) is 70.2 cm³/mol. The third-order valence-electron chi connectivity index (χ3n) is 3.81. The van der Waals surface area contributed by atoms with E-state index in [1.807, 2.05) is 0 Å². The van der Waals surface area contributed by atoms with Crippen LogP contribution in [0, 0.1) is 0 Å². The minimum Gasteiger partial charge on any atom is -0.380 e. The van der Waals surface area contributed by atoms with Gasteiger partial charge in [-0.3, -0.25) is 4.90 Å². The molecule has 2 N–H and O–H groups in total. The van der Waals surface area contributed by atoms with E-state index in [9.17, 15) is 0 Å². The number of likely N-dealkylation sites (tertiary alicyclic amines) is 1. The Bertz CT molecular complexity index is 221. The number of ether oxygens (including phenoxy) is 2. The molecule has 0 amide bonds. The Balaban J connectivity index is 2.54. The first kappa shape index (κ1) is 14.9. The van der Waals surface area contributed by atoms with Crippen molar-refractivity contribution in [2.75, 3.05) is 33.9 Å². The lowest BCUT2D eigenvalue weighted by Crippen LogP contribution is -2.50. The van der Waals surface area contributed by atoms with Gasteiger partial charge in [-0.25, -0.2) is 0 Å². The van der Waals surface area contributed by atoms with Gasteiger partial charge in [0.25, 0.3) is 0 Å². The van der Waals surface area contributed by atoms with Gasteiger partial charge in [-0.1, -0.05) is 0 Å². The van der Waals surface area contributed by atoms with E-state index in [1.54, 1.807) is 14.2 Å². The normalized spacial score (nSPS) is 24.9. The topological polar surface area (TPSA) is 47.7 Å². The molecule has 17 heavy (non-hydrogen) atoms. The monoisotopic (exact) mass is 244 g/mol. The Hall–Kier alpha value is -0.160. The summed E-state index contributed by atoms with van der Waals surface area (Å²) in [7, 11) is 3.56. The molecule has 0 aromatic rings. The van der Waals surface area contributed by atoms with Crippen LogP contribution in [0.2, 0.25) is 0 Å². The summed E-state index contributed by atoms with van der Waals surface area (Å²) in [6.07, 6.45) is 3.69. The molecule has 1 fully saturated rings. The van der Waals surface area contributed by atoms with Gasteiger partial charge in [-0.15, -0.1) is 0 Å². The molecule has 102 valence electrons. The van der Waals surface area contributed by atoms with Crippen LogP contribution in [0.15, 0.2) is 0 Å². The highest BCUT2D eigenvalue weighted by Crippen LogP contribution is 2.22. The summed E-state index contributed by atoms with van der Waals surface area (Å²) >= 11 is 0. The van der Waals surface area contributed by atoms with Gasteiger partial charge in [-0.05, 0) is 39.7 Å². The van der Waals surface area contributed by atoms with Crippen LogP contribution < -0.4 is 5.73 Å². The van der Waals surface area contributed by atoms with Crippen molar-refractivity contribution in [3.8, 4) is 0 Å². The number of hydrogen-bond acceptors (Lipinski definition) is 4. The van der Waals surface area contributed by atoms with Crippen molar-refractivity contribution in [3.63, 3.8) is 0 Å². The van der Waals surface area contributed by atoms with Gasteiger partial charge in [0.15, 0.2) is 0 Å². The third kappa shape index (κ3) is 4.54. The maximum Gasteiger partial charge on any atom is 0.0698 e. The molecule has 0 spiro atoms. The van der Waals surface area contributed by atoms with Crippen molar-refractivity contribution in [1.82, 2.24) is 4.90 Å². The minimum atomic E-state index is -0.107. The van der Waals surface area contributed by atoms with Gasteiger partial charge in [0.1, 0.15) is 0 Å². The van der Waals surface area contributed by atoms with Crippen molar-refractivity contribution in [2.24, 2.45) is 5.73 Å². The third-order valence-corrected chi connectivity index (χ3v) is 3.81. The molecule has 2 unspecified atom stereocenters. The summed E-state index contributed by atoms with van der Waals surface area (Å²) < 4.78 is 11.0. The second-order valence-corrected chi connectivity index (χ2v) is 5.55. The summed E-state index contributed by atoms with van der Waals surface area (Å²) in [4.78, 5) is 2.46. The number of nitrogens with two attached hydrogens (primary N) is 1. The fourth-order valence-electron chi connectivity index (χ4n) is 2.50. The highest BCUT2D eigenvalue weighted by Gasteiger charge is 2.29. The number of nitrogens with zero attached hydrogens (tertiary/aromatic N) is 1. The van der Waals surface area contributed by atoms with E-state index in [0.29, 0.717) is 18.7 Å². The number of hydrogen-bond donors (Lipinski definition) is 1. The molecule has 1 heterocycles. The van der Waals surface area contributed by atoms with Crippen molar-refractivity contribution in [3.05, 3.63) is 0 Å². The van der Waals surface area contributed by atoms with E-state index in [4.69, 9.17) is 15.2 Å². The van der Waals surface area contributed by atoms with Crippen LogP contribution >= 0.6 is 0 Å². The molecule has 0 bridgehead atoms. The van der Waals surface area contributed by atoms with Gasteiger partial charge in [-0.2, -0.15) is 0 Å². The molecule has 1 saturated heterocycles. The molecule has 0 aromatic heterocycles. The summed E-state index contributed by atoms with van der Waals surface area (Å²) in [6, 6.07) is 0.392. The second-order valence-electron chi connectivity index (χ2n) is 5.55. The van der Waals surface area contributed by atoms with E-state index in [0.717, 1.165) is 25.9 Å². The molecule has 1 aliphatic rings. The van der Waals surface area contributed by atoms with Crippen molar-refractivity contribution in [1.29, 1.82) is 0 Å². The van der Waals surface area contributed by atoms with E-state index in [2.05, 4.69) is 18.7 Å². The zero-order chi connectivity index (χ0) is 12.9. The van der Waals surface area contributed by atoms with E-state index >= 15 is 0 Å². The summed E-state index contributed by atoms with van der Waals surface area (Å²) in [6.45, 7) is 7.05. The van der Waals surface area contributed by atoms with E-state index in [-0.39, 0.29) is 5.60 Å². The highest BCUT2D eigenvalue weighted by molar-refractivity contribution is 4.85. The van der Waals surface area contributed by atoms with Gasteiger partial charge < -0.3 is 15.2 Å². The molecule has 0 aromatic carbocycles. The zero-order valence-electron chi connectivity index (χ0n) is 11.7. The Morgan fingerprint density at radius 3 is 2.65 bits per heavy atom. The Morgan fingerprint density at radius 2 is 2.12 bits per heavy atom. The van der Waals surface area contributed by atoms with Crippen LogP contribution in [0.3, 0.4) is 0 Å². The summed E-state index contributed by atoms with van der Waals surface area (Å²) in [5.41, 5.74) is 5.81. The first-order valence-electron chi connectivity index (χ1n) is 6.54. The van der Waals surface area contributed by atoms with Crippen LogP contribution in [0.1, 0.15) is 33.1 Å². The van der Waals surface area contributed by atoms with Crippen LogP contribution in [0.4, 0.5) is 0 Å². The Morgan fingerprint density at radius 1 is 1.41 bits per heavy atom. The molecule has 1 aliphatic heterocycles. The second kappa shape index (κ2) is 6.69. The molecule has 4 nitrogen and oxygen atoms in total. The van der Waals surface area contributed by atoms with Crippen LogP contribution in [0.25, 0.3) is 0 Å². The van der Waals surface area contributed by atoms with Crippen molar-refractivity contribution in [2.45, 2.75) is 50.9 Å². The van der Waals surface area contributed by atoms with Crippen molar-refractivity contribution < 1.29 is 9.47 Å². The van der Waals surface area contributed by atoms with Gasteiger partial charge in [0.2, 0.25) is 0 Å². The van der Waals surface area contributed by atoms with Gasteiger partial charge >= 0.3 is 0 Å². The molecule has 1 rings (SSSR count). The zero-order valence-corrected chi connectivity index (χ0v) is 11.7. The quantitative estimate of drug-likeness (QED) is 0.763. The highest BCUT2D eigenvalue weighted by atomic mass is 16.5. The summed E-state index contributed by atoms with van der Waals surface area (Å²) in [5.74, 6) is 0. The van der Waals surface area contributed by atoms with Gasteiger partial charge in [0, 0.05) is 33.4 Å². The SMILES string of the molecule is COC1CCCN(C(CN)CC(C)(C)OC)C1. The molecule has 0 radical (unpaired) electrons. The lowest BCUT2D eigenvalue weighted by Gasteiger charge is -2.40. The van der Waals surface area contributed by atoms with Crippen LogP contribution in [-0.2, 0) is 9.47 Å². The minimum absolute atomic E-state index is 0.107. The van der Waals surface area contributed by atoms with Gasteiger partial charge in [0.05, 0.1) is 11.7 Å². The standard InChI is InChI=1S/C13H28N2O2/c1-13(2,17-4)8-11(9-14)15-7-5-6-12(10-15)16-3/h11-12H,5-10,14H2,1-4H3. The molecule has 0 saturated carbocycles. The largest absolute Gasteiger partial charge is 0.380 e. The molecule has 0 aliphatic carbocycles. The predicted octanol–water partition coefficient (Wildman–Crippen LogP) is 1.24. The average Bonchev–Trinajstić information content (AvgIpc) is 2.36. The van der Waals surface area contributed by atoms with E-state index in [1.165, 1.54) is 6.42 Å². The van der Waals surface area contributed by atoms with E-state index < -0.39 is 0 Å². The Labute approximate surface area is 105 Å². The summed E-state index contributed by atoms with van der Waals surface area (Å²) in [5, 5.41) is 0. The van der Waals surface area contributed by atoms with Crippen LogP contribution in [0.5, 0.6) is 0 Å². The van der Waals surface area contributed by atoms with Crippen LogP contribution in [-0.4, -0.2) is 56.5 Å². The number of piperidine rings is 1. The Kier molecular flexibility index (Phi) is 5.86. The molecular weight excluding hydrogens is 216 g/mol. The fourth-order valence-corrected chi connectivity index (χ4v) is 2.50. The lowest BCUT2D eigenvalue weighted by molar-refractivity contribution is -0.0289. The lowest BCUT2D eigenvalue weighted by atomic mass is 9.95. The molecular formula is C13H28N2O2. The number of rotatable bonds is 6. The maximum atomic E-state index is 5.91. The first-order chi connectivity index (χ1) is 8.02. The fraction of sp³-hybridized carbons (Fsp3) is 1.00. The molecule has 2 atom stereocenters. The van der Waals surface area contributed by atoms with Crippen molar-refractivity contribution >= 4 is 0 Å². The number of methoxy groups -OCH3 is 2. The smallest absolute Gasteiger partial charge is 0.0698 e. The molecule has 4 heteroatoms. The maximum absolute atomic E-state index is 5.91. The first-order valence-corrected chi connectivity index (χ1v) is 6.54. The average molecular weight is 244 g/mol.